The molecule has 0 bridgehead atoms. The topological polar surface area (TPSA) is 59.8 Å². The van der Waals surface area contributed by atoms with E-state index in [2.05, 4.69) is 72.7 Å². The van der Waals surface area contributed by atoms with Crippen molar-refractivity contribution in [3.8, 4) is 5.69 Å². The number of thioether (sulfide) groups is 1. The van der Waals surface area contributed by atoms with Gasteiger partial charge in [-0.05, 0) is 56.4 Å². The maximum Gasteiger partial charge on any atom is 0.230 e. The molecule has 158 valence electrons. The van der Waals surface area contributed by atoms with Gasteiger partial charge in [0.05, 0.1) is 11.8 Å². The molecule has 0 aliphatic rings. The highest BCUT2D eigenvalue weighted by Gasteiger charge is 2.15. The number of nitrogens with one attached hydrogen (secondary N) is 1. The summed E-state index contributed by atoms with van der Waals surface area (Å²) in [6.07, 6.45) is 1.07. The molecule has 0 unspecified atom stereocenters. The van der Waals surface area contributed by atoms with Crippen LogP contribution in [0.1, 0.15) is 49.3 Å². The third kappa shape index (κ3) is 5.72. The molecule has 1 amide bonds. The maximum atomic E-state index is 12.5. The Hall–Kier alpha value is -2.60. The summed E-state index contributed by atoms with van der Waals surface area (Å²) < 4.78 is 1.98. The molecule has 2 aromatic carbocycles. The van der Waals surface area contributed by atoms with Crippen LogP contribution in [0.3, 0.4) is 0 Å². The fraction of sp³-hybridized carbons (Fsp3) is 0.375. The van der Waals surface area contributed by atoms with E-state index < -0.39 is 0 Å². The fourth-order valence-corrected chi connectivity index (χ4v) is 4.15. The molecule has 5 nitrogen and oxygen atoms in total. The van der Waals surface area contributed by atoms with Crippen molar-refractivity contribution in [1.82, 2.24) is 20.1 Å². The number of benzene rings is 2. The van der Waals surface area contributed by atoms with Crippen LogP contribution < -0.4 is 5.32 Å². The van der Waals surface area contributed by atoms with Crippen LogP contribution in [0, 0.1) is 19.8 Å². The van der Waals surface area contributed by atoms with Gasteiger partial charge in [0, 0.05) is 5.69 Å². The molecule has 6 heteroatoms. The smallest absolute Gasteiger partial charge is 0.230 e. The highest BCUT2D eigenvalue weighted by Crippen LogP contribution is 2.22. The molecule has 0 fully saturated rings. The Morgan fingerprint density at radius 1 is 1.00 bits per heavy atom. The van der Waals surface area contributed by atoms with Crippen molar-refractivity contribution < 1.29 is 4.79 Å². The predicted octanol–water partition coefficient (Wildman–Crippen LogP) is 5.05. The normalized spacial score (nSPS) is 12.2. The van der Waals surface area contributed by atoms with E-state index in [1.807, 2.05) is 30.5 Å². The lowest BCUT2D eigenvalue weighted by molar-refractivity contribution is -0.119. The van der Waals surface area contributed by atoms with Crippen molar-refractivity contribution in [2.45, 2.75) is 52.2 Å². The van der Waals surface area contributed by atoms with Crippen molar-refractivity contribution in [3.05, 3.63) is 71.0 Å². The monoisotopic (exact) mass is 422 g/mol. The van der Waals surface area contributed by atoms with E-state index in [-0.39, 0.29) is 11.9 Å². The molecule has 3 aromatic rings. The number of amides is 1. The fourth-order valence-electron chi connectivity index (χ4n) is 3.34. The van der Waals surface area contributed by atoms with Gasteiger partial charge in [0.1, 0.15) is 5.82 Å². The van der Waals surface area contributed by atoms with Crippen LogP contribution in [0.2, 0.25) is 0 Å². The Morgan fingerprint density at radius 3 is 2.30 bits per heavy atom. The van der Waals surface area contributed by atoms with Crippen molar-refractivity contribution in [3.63, 3.8) is 0 Å². The van der Waals surface area contributed by atoms with Crippen LogP contribution in [0.4, 0.5) is 0 Å². The van der Waals surface area contributed by atoms with E-state index in [1.165, 1.54) is 22.9 Å². The summed E-state index contributed by atoms with van der Waals surface area (Å²) in [5, 5.41) is 12.2. The summed E-state index contributed by atoms with van der Waals surface area (Å²) in [6, 6.07) is 16.7. The van der Waals surface area contributed by atoms with E-state index >= 15 is 0 Å². The lowest BCUT2D eigenvalue weighted by Crippen LogP contribution is -2.28. The van der Waals surface area contributed by atoms with Gasteiger partial charge in [0.15, 0.2) is 5.16 Å². The highest BCUT2D eigenvalue weighted by atomic mass is 32.2. The maximum absolute atomic E-state index is 12.5. The second-order valence-electron chi connectivity index (χ2n) is 8.12. The van der Waals surface area contributed by atoms with Crippen LogP contribution in [0.25, 0.3) is 5.69 Å². The van der Waals surface area contributed by atoms with Gasteiger partial charge in [0.25, 0.3) is 0 Å². The summed E-state index contributed by atoms with van der Waals surface area (Å²) >= 11 is 1.40. The van der Waals surface area contributed by atoms with Crippen molar-refractivity contribution >= 4 is 17.7 Å². The zero-order valence-electron chi connectivity index (χ0n) is 18.3. The average molecular weight is 423 g/mol. The Bertz CT molecular complexity index is 977. The predicted molar refractivity (Wildman–Crippen MR) is 123 cm³/mol. The van der Waals surface area contributed by atoms with Gasteiger partial charge in [-0.1, -0.05) is 67.6 Å². The van der Waals surface area contributed by atoms with Crippen LogP contribution in [0.5, 0.6) is 0 Å². The molecule has 0 radical (unpaired) electrons. The largest absolute Gasteiger partial charge is 0.349 e. The van der Waals surface area contributed by atoms with E-state index in [0.29, 0.717) is 11.7 Å². The van der Waals surface area contributed by atoms with E-state index in [4.69, 9.17) is 0 Å². The third-order valence-corrected chi connectivity index (χ3v) is 5.85. The van der Waals surface area contributed by atoms with Gasteiger partial charge in [-0.3, -0.25) is 9.36 Å². The molecular formula is C24H30N4OS. The summed E-state index contributed by atoms with van der Waals surface area (Å²) in [5.41, 5.74) is 4.64. The SMILES string of the molecule is Cc1ccc(-n2c(C)nnc2SCC(=O)N[C@@H](C)c2ccc(CC(C)C)cc2)cc1. The summed E-state index contributed by atoms with van der Waals surface area (Å²) in [6.45, 7) is 10.4. The van der Waals surface area contributed by atoms with Crippen LogP contribution >= 0.6 is 11.8 Å². The van der Waals surface area contributed by atoms with Crippen molar-refractivity contribution in [2.75, 3.05) is 5.75 Å². The zero-order valence-corrected chi connectivity index (χ0v) is 19.2. The first-order valence-corrected chi connectivity index (χ1v) is 11.3. The minimum Gasteiger partial charge on any atom is -0.349 e. The summed E-state index contributed by atoms with van der Waals surface area (Å²) in [5.74, 6) is 1.71. The molecule has 1 N–H and O–H groups in total. The van der Waals surface area contributed by atoms with Crippen molar-refractivity contribution in [1.29, 1.82) is 0 Å². The van der Waals surface area contributed by atoms with Gasteiger partial charge in [-0.25, -0.2) is 0 Å². The molecule has 1 heterocycles. The molecule has 0 saturated heterocycles. The van der Waals surface area contributed by atoms with E-state index in [9.17, 15) is 4.79 Å². The quantitative estimate of drug-likeness (QED) is 0.516. The Morgan fingerprint density at radius 2 is 1.67 bits per heavy atom. The van der Waals surface area contributed by atoms with Gasteiger partial charge in [0.2, 0.25) is 5.91 Å². The minimum absolute atomic E-state index is 0.0186. The molecule has 3 rings (SSSR count). The lowest BCUT2D eigenvalue weighted by atomic mass is 10.00. The molecule has 0 aliphatic heterocycles. The number of aryl methyl sites for hydroxylation is 2. The number of carbonyl (C=O) groups excluding carboxylic acids is 1. The Kier molecular flexibility index (Phi) is 7.32. The van der Waals surface area contributed by atoms with Gasteiger partial charge in [-0.2, -0.15) is 0 Å². The van der Waals surface area contributed by atoms with E-state index in [1.54, 1.807) is 0 Å². The minimum atomic E-state index is -0.0390. The number of nitrogens with zero attached hydrogens (tertiary/aromatic N) is 3. The van der Waals surface area contributed by atoms with Gasteiger partial charge >= 0.3 is 0 Å². The van der Waals surface area contributed by atoms with Crippen molar-refractivity contribution in [2.24, 2.45) is 5.92 Å². The highest BCUT2D eigenvalue weighted by molar-refractivity contribution is 7.99. The van der Waals surface area contributed by atoms with Gasteiger partial charge < -0.3 is 5.32 Å². The molecule has 0 saturated carbocycles. The number of rotatable bonds is 8. The third-order valence-electron chi connectivity index (χ3n) is 4.92. The second kappa shape index (κ2) is 9.94. The molecule has 1 atom stereocenters. The standard InChI is InChI=1S/C24H30N4OS/c1-16(2)14-20-8-10-21(11-9-20)18(4)25-23(29)15-30-24-27-26-19(5)28(24)22-12-6-17(3)7-13-22/h6-13,16,18H,14-15H2,1-5H3,(H,25,29)/t18-/m0/s1. The van der Waals surface area contributed by atoms with E-state index in [0.717, 1.165) is 28.7 Å². The molecule has 1 aromatic heterocycles. The average Bonchev–Trinajstić information content (AvgIpc) is 3.07. The summed E-state index contributed by atoms with van der Waals surface area (Å²) in [4.78, 5) is 12.5. The number of aromatic nitrogens is 3. The number of hydrogen-bond acceptors (Lipinski definition) is 4. The van der Waals surface area contributed by atoms with Crippen LogP contribution in [-0.4, -0.2) is 26.4 Å². The molecule has 0 aliphatic carbocycles. The Labute approximate surface area is 183 Å². The zero-order chi connectivity index (χ0) is 21.7. The molecule has 30 heavy (non-hydrogen) atoms. The van der Waals surface area contributed by atoms with Gasteiger partial charge in [-0.15, -0.1) is 10.2 Å². The molecule has 0 spiro atoms. The number of hydrogen-bond donors (Lipinski definition) is 1. The first kappa shape index (κ1) is 22.1. The summed E-state index contributed by atoms with van der Waals surface area (Å²) in [7, 11) is 0. The second-order valence-corrected chi connectivity index (χ2v) is 9.06. The first-order valence-electron chi connectivity index (χ1n) is 10.3. The lowest BCUT2D eigenvalue weighted by Gasteiger charge is -2.15. The van der Waals surface area contributed by atoms with Crippen LogP contribution in [-0.2, 0) is 11.2 Å². The van der Waals surface area contributed by atoms with Crippen LogP contribution in [0.15, 0.2) is 53.7 Å². The number of carbonyl (C=O) groups is 1. The Balaban J connectivity index is 1.59. The molecular weight excluding hydrogens is 392 g/mol. The first-order chi connectivity index (χ1) is 14.3.